The average Bonchev–Trinajstić information content (AvgIpc) is 2.80. The molecule has 5 nitrogen and oxygen atoms in total. The van der Waals surface area contributed by atoms with Crippen LogP contribution in [0.5, 0.6) is 0 Å². The van der Waals surface area contributed by atoms with E-state index in [1.807, 2.05) is 85.5 Å². The van der Waals surface area contributed by atoms with Crippen LogP contribution in [0.2, 0.25) is 5.02 Å². The Hall–Kier alpha value is -3.31. The van der Waals surface area contributed by atoms with Crippen molar-refractivity contribution in [1.82, 2.24) is 4.90 Å². The van der Waals surface area contributed by atoms with Gasteiger partial charge in [0.1, 0.15) is 0 Å². The molecule has 0 unspecified atom stereocenters. The number of hydrogen-bond donors (Lipinski definition) is 1. The quantitative estimate of drug-likeness (QED) is 0.600. The van der Waals surface area contributed by atoms with Gasteiger partial charge in [-0.25, -0.2) is 0 Å². The second kappa shape index (κ2) is 9.45. The third-order valence-corrected chi connectivity index (χ3v) is 6.04. The zero-order valence-corrected chi connectivity index (χ0v) is 19.0. The van der Waals surface area contributed by atoms with E-state index < -0.39 is 0 Å². The summed E-state index contributed by atoms with van der Waals surface area (Å²) < 4.78 is 0. The van der Waals surface area contributed by atoms with Gasteiger partial charge in [0.15, 0.2) is 0 Å². The van der Waals surface area contributed by atoms with Crippen molar-refractivity contribution in [3.63, 3.8) is 0 Å². The number of benzene rings is 3. The fraction of sp³-hybridized carbons (Fsp3) is 0.231. The van der Waals surface area contributed by atoms with Crippen LogP contribution >= 0.6 is 11.6 Å². The molecule has 0 bridgehead atoms. The standard InChI is InChI=1S/C26H26ClN3O2/c1-18-6-10-20(11-7-18)25(31)28-23-5-3-4-22(27)24(23)29-14-16-30(17-15-29)26(32)21-12-8-19(2)9-13-21/h3-13H,14-17H2,1-2H3,(H,28,31). The Morgan fingerprint density at radius 3 is 1.94 bits per heavy atom. The minimum absolute atomic E-state index is 0.0386. The zero-order chi connectivity index (χ0) is 22.7. The van der Waals surface area contributed by atoms with Crippen molar-refractivity contribution >= 4 is 34.8 Å². The van der Waals surface area contributed by atoms with Gasteiger partial charge in [-0.15, -0.1) is 0 Å². The summed E-state index contributed by atoms with van der Waals surface area (Å²) in [5, 5.41) is 3.58. The Morgan fingerprint density at radius 2 is 1.34 bits per heavy atom. The Morgan fingerprint density at radius 1 is 0.781 bits per heavy atom. The van der Waals surface area contributed by atoms with Gasteiger partial charge in [0.2, 0.25) is 0 Å². The molecule has 0 radical (unpaired) electrons. The summed E-state index contributed by atoms with van der Waals surface area (Å²) in [6.07, 6.45) is 0. The van der Waals surface area contributed by atoms with Crippen LogP contribution in [-0.4, -0.2) is 42.9 Å². The Balaban J connectivity index is 1.47. The number of anilines is 2. The SMILES string of the molecule is Cc1ccc(C(=O)Nc2cccc(Cl)c2N2CCN(C(=O)c3ccc(C)cc3)CC2)cc1. The number of amides is 2. The highest BCUT2D eigenvalue weighted by Crippen LogP contribution is 2.35. The first kappa shape index (κ1) is 21.9. The summed E-state index contributed by atoms with van der Waals surface area (Å²) in [4.78, 5) is 29.6. The number of aryl methyl sites for hydroxylation is 2. The fourth-order valence-electron chi connectivity index (χ4n) is 3.85. The van der Waals surface area contributed by atoms with Gasteiger partial charge in [-0.3, -0.25) is 9.59 Å². The molecule has 0 spiro atoms. The number of carbonyl (C=O) groups is 2. The van der Waals surface area contributed by atoms with E-state index in [0.717, 1.165) is 16.8 Å². The lowest BCUT2D eigenvalue weighted by Crippen LogP contribution is -2.49. The van der Waals surface area contributed by atoms with E-state index in [9.17, 15) is 9.59 Å². The second-order valence-electron chi connectivity index (χ2n) is 8.10. The maximum Gasteiger partial charge on any atom is 0.255 e. The largest absolute Gasteiger partial charge is 0.365 e. The van der Waals surface area contributed by atoms with Crippen LogP contribution < -0.4 is 10.2 Å². The molecule has 0 atom stereocenters. The molecule has 1 fully saturated rings. The maximum atomic E-state index is 12.8. The van der Waals surface area contributed by atoms with Crippen molar-refractivity contribution in [2.75, 3.05) is 36.4 Å². The lowest BCUT2D eigenvalue weighted by molar-refractivity contribution is 0.0746. The van der Waals surface area contributed by atoms with Gasteiger partial charge < -0.3 is 15.1 Å². The number of rotatable bonds is 4. The number of piperazine rings is 1. The molecule has 1 saturated heterocycles. The third kappa shape index (κ3) is 4.78. The molecule has 0 aliphatic carbocycles. The van der Waals surface area contributed by atoms with E-state index in [4.69, 9.17) is 11.6 Å². The van der Waals surface area contributed by atoms with E-state index in [-0.39, 0.29) is 11.8 Å². The topological polar surface area (TPSA) is 52.7 Å². The van der Waals surface area contributed by atoms with E-state index in [0.29, 0.717) is 48.0 Å². The number of halogens is 1. The van der Waals surface area contributed by atoms with E-state index in [1.54, 1.807) is 0 Å². The van der Waals surface area contributed by atoms with Gasteiger partial charge in [0, 0.05) is 37.3 Å². The van der Waals surface area contributed by atoms with Gasteiger partial charge >= 0.3 is 0 Å². The fourth-order valence-corrected chi connectivity index (χ4v) is 4.14. The van der Waals surface area contributed by atoms with E-state index >= 15 is 0 Å². The van der Waals surface area contributed by atoms with Crippen LogP contribution in [0.3, 0.4) is 0 Å². The maximum absolute atomic E-state index is 12.8. The summed E-state index contributed by atoms with van der Waals surface area (Å²) in [5.41, 5.74) is 4.98. The monoisotopic (exact) mass is 447 g/mol. The van der Waals surface area contributed by atoms with Crippen LogP contribution in [-0.2, 0) is 0 Å². The molecule has 1 aliphatic heterocycles. The van der Waals surface area contributed by atoms with Crippen LogP contribution in [0, 0.1) is 13.8 Å². The predicted molar refractivity (Wildman–Crippen MR) is 130 cm³/mol. The number of nitrogens with zero attached hydrogens (tertiary/aromatic N) is 2. The molecule has 0 saturated carbocycles. The van der Waals surface area contributed by atoms with Gasteiger partial charge in [0.05, 0.1) is 16.4 Å². The molecular weight excluding hydrogens is 422 g/mol. The molecule has 1 aliphatic rings. The first-order chi connectivity index (χ1) is 15.4. The highest BCUT2D eigenvalue weighted by molar-refractivity contribution is 6.34. The normalized spacial score (nSPS) is 13.7. The molecule has 6 heteroatoms. The lowest BCUT2D eigenvalue weighted by Gasteiger charge is -2.37. The van der Waals surface area contributed by atoms with Crippen molar-refractivity contribution in [2.45, 2.75) is 13.8 Å². The van der Waals surface area contributed by atoms with Gasteiger partial charge in [-0.2, -0.15) is 0 Å². The van der Waals surface area contributed by atoms with Gasteiger partial charge in [0.25, 0.3) is 11.8 Å². The van der Waals surface area contributed by atoms with Crippen LogP contribution in [0.4, 0.5) is 11.4 Å². The van der Waals surface area contributed by atoms with Crippen LogP contribution in [0.15, 0.2) is 66.7 Å². The van der Waals surface area contributed by atoms with E-state index in [2.05, 4.69) is 10.2 Å². The van der Waals surface area contributed by atoms with Crippen molar-refractivity contribution in [3.05, 3.63) is 94.0 Å². The van der Waals surface area contributed by atoms with Crippen LogP contribution in [0.1, 0.15) is 31.8 Å². The average molecular weight is 448 g/mol. The first-order valence-corrected chi connectivity index (χ1v) is 11.1. The number of para-hydroxylation sites is 1. The molecule has 3 aromatic carbocycles. The highest BCUT2D eigenvalue weighted by Gasteiger charge is 2.25. The molecular formula is C26H26ClN3O2. The van der Waals surface area contributed by atoms with Gasteiger partial charge in [-0.1, -0.05) is 53.1 Å². The second-order valence-corrected chi connectivity index (χ2v) is 8.51. The number of nitrogens with one attached hydrogen (secondary N) is 1. The first-order valence-electron chi connectivity index (χ1n) is 10.7. The molecule has 4 rings (SSSR count). The Kier molecular flexibility index (Phi) is 6.47. The number of hydrogen-bond acceptors (Lipinski definition) is 3. The summed E-state index contributed by atoms with van der Waals surface area (Å²) >= 11 is 6.55. The van der Waals surface area contributed by atoms with Crippen molar-refractivity contribution in [2.24, 2.45) is 0 Å². The molecule has 164 valence electrons. The third-order valence-electron chi connectivity index (χ3n) is 5.73. The van der Waals surface area contributed by atoms with Crippen molar-refractivity contribution < 1.29 is 9.59 Å². The minimum atomic E-state index is -0.179. The zero-order valence-electron chi connectivity index (χ0n) is 18.3. The minimum Gasteiger partial charge on any atom is -0.365 e. The lowest BCUT2D eigenvalue weighted by atomic mass is 10.1. The molecule has 3 aromatic rings. The highest BCUT2D eigenvalue weighted by atomic mass is 35.5. The summed E-state index contributed by atoms with van der Waals surface area (Å²) in [5.74, 6) is -0.140. The molecule has 32 heavy (non-hydrogen) atoms. The molecule has 0 aromatic heterocycles. The van der Waals surface area contributed by atoms with Crippen molar-refractivity contribution in [3.8, 4) is 0 Å². The molecule has 2 amide bonds. The number of carbonyl (C=O) groups excluding carboxylic acids is 2. The summed E-state index contributed by atoms with van der Waals surface area (Å²) in [6, 6.07) is 20.6. The Bertz CT molecular complexity index is 1120. The van der Waals surface area contributed by atoms with Gasteiger partial charge in [-0.05, 0) is 50.2 Å². The van der Waals surface area contributed by atoms with Crippen molar-refractivity contribution in [1.29, 1.82) is 0 Å². The van der Waals surface area contributed by atoms with Crippen LogP contribution in [0.25, 0.3) is 0 Å². The summed E-state index contributed by atoms with van der Waals surface area (Å²) in [6.45, 7) is 6.43. The smallest absolute Gasteiger partial charge is 0.255 e. The Labute approximate surface area is 193 Å². The predicted octanol–water partition coefficient (Wildman–Crippen LogP) is 5.17. The molecule has 1 heterocycles. The molecule has 1 N–H and O–H groups in total. The summed E-state index contributed by atoms with van der Waals surface area (Å²) in [7, 11) is 0. The van der Waals surface area contributed by atoms with E-state index in [1.165, 1.54) is 0 Å².